The molecule has 0 spiro atoms. The van der Waals surface area contributed by atoms with E-state index in [9.17, 15) is 0 Å². The lowest BCUT2D eigenvalue weighted by Crippen LogP contribution is -2.61. The molecule has 1 fully saturated rings. The van der Waals surface area contributed by atoms with E-state index in [0.717, 1.165) is 19.6 Å². The Bertz CT molecular complexity index is 419. The summed E-state index contributed by atoms with van der Waals surface area (Å²) in [5.74, 6) is 0. The van der Waals surface area contributed by atoms with Crippen molar-refractivity contribution < 1.29 is 0 Å². The summed E-state index contributed by atoms with van der Waals surface area (Å²) in [6, 6.07) is 13.1. The van der Waals surface area contributed by atoms with Crippen molar-refractivity contribution in [1.82, 2.24) is 10.2 Å². The highest BCUT2D eigenvalue weighted by Gasteiger charge is 2.31. The minimum Gasteiger partial charge on any atom is -0.305 e. The van der Waals surface area contributed by atoms with E-state index in [1.807, 2.05) is 6.07 Å². The molecular weight excluding hydrogens is 222 g/mol. The summed E-state index contributed by atoms with van der Waals surface area (Å²) < 4.78 is 0. The van der Waals surface area contributed by atoms with Crippen molar-refractivity contribution in [1.29, 1.82) is 5.26 Å². The van der Waals surface area contributed by atoms with Crippen LogP contribution >= 0.6 is 0 Å². The van der Waals surface area contributed by atoms with Crippen LogP contribution in [0, 0.1) is 11.3 Å². The van der Waals surface area contributed by atoms with Gasteiger partial charge in [0.15, 0.2) is 0 Å². The van der Waals surface area contributed by atoms with Crippen molar-refractivity contribution in [3.8, 4) is 6.07 Å². The molecule has 0 aliphatic carbocycles. The van der Waals surface area contributed by atoms with Crippen LogP contribution in [-0.4, -0.2) is 29.6 Å². The highest BCUT2D eigenvalue weighted by Crippen LogP contribution is 2.17. The largest absolute Gasteiger partial charge is 0.305 e. The first-order chi connectivity index (χ1) is 8.59. The molecule has 0 bridgehead atoms. The summed E-state index contributed by atoms with van der Waals surface area (Å²) in [6.45, 7) is 7.34. The number of piperazine rings is 1. The van der Waals surface area contributed by atoms with E-state index in [0.29, 0.717) is 6.42 Å². The minimum atomic E-state index is 0.0779. The van der Waals surface area contributed by atoms with Gasteiger partial charge in [-0.15, -0.1) is 0 Å². The van der Waals surface area contributed by atoms with Gasteiger partial charge < -0.3 is 5.32 Å². The number of rotatable bonds is 3. The number of nitriles is 1. The van der Waals surface area contributed by atoms with Crippen molar-refractivity contribution in [2.75, 3.05) is 13.1 Å². The quantitative estimate of drug-likeness (QED) is 0.884. The van der Waals surface area contributed by atoms with Crippen LogP contribution in [0.25, 0.3) is 0 Å². The van der Waals surface area contributed by atoms with E-state index in [4.69, 9.17) is 5.26 Å². The smallest absolute Gasteiger partial charge is 0.0638 e. The highest BCUT2D eigenvalue weighted by molar-refractivity contribution is 5.15. The molecule has 1 aliphatic rings. The van der Waals surface area contributed by atoms with E-state index in [-0.39, 0.29) is 11.6 Å². The summed E-state index contributed by atoms with van der Waals surface area (Å²) in [6.07, 6.45) is 0.578. The normalized spacial score (nSPS) is 23.5. The molecular formula is C15H21N3. The Morgan fingerprint density at radius 1 is 1.39 bits per heavy atom. The number of hydrogen-bond acceptors (Lipinski definition) is 3. The van der Waals surface area contributed by atoms with Crippen LogP contribution in [0.5, 0.6) is 0 Å². The third-order valence-corrected chi connectivity index (χ3v) is 3.28. The Balaban J connectivity index is 2.02. The maximum atomic E-state index is 8.86. The molecule has 1 aromatic carbocycles. The second-order valence-electron chi connectivity index (χ2n) is 5.74. The van der Waals surface area contributed by atoms with Gasteiger partial charge in [-0.2, -0.15) is 5.26 Å². The van der Waals surface area contributed by atoms with E-state index in [1.54, 1.807) is 0 Å². The number of nitrogens with one attached hydrogen (secondary N) is 1. The fourth-order valence-electron chi connectivity index (χ4n) is 2.77. The molecule has 1 saturated heterocycles. The highest BCUT2D eigenvalue weighted by atomic mass is 15.2. The molecule has 96 valence electrons. The lowest BCUT2D eigenvalue weighted by atomic mass is 9.97. The summed E-state index contributed by atoms with van der Waals surface area (Å²) >= 11 is 0. The second-order valence-corrected chi connectivity index (χ2v) is 5.74. The molecule has 2 rings (SSSR count). The Kier molecular flexibility index (Phi) is 4.00. The third-order valence-electron chi connectivity index (χ3n) is 3.28. The molecule has 1 aromatic rings. The lowest BCUT2D eigenvalue weighted by Gasteiger charge is -2.43. The zero-order valence-electron chi connectivity index (χ0n) is 11.2. The number of benzene rings is 1. The minimum absolute atomic E-state index is 0.0779. The first kappa shape index (κ1) is 13.1. The van der Waals surface area contributed by atoms with Crippen LogP contribution in [0.2, 0.25) is 0 Å². The standard InChI is InChI=1S/C15H21N3/c1-15(2)12-18(11-14(17-15)8-9-16)10-13-6-4-3-5-7-13/h3-7,14,17H,8,10-12H2,1-2H3. The van der Waals surface area contributed by atoms with Gasteiger partial charge in [-0.1, -0.05) is 30.3 Å². The Morgan fingerprint density at radius 2 is 2.11 bits per heavy atom. The van der Waals surface area contributed by atoms with E-state index in [1.165, 1.54) is 5.56 Å². The van der Waals surface area contributed by atoms with Gasteiger partial charge in [-0.25, -0.2) is 0 Å². The zero-order chi connectivity index (χ0) is 13.0. The van der Waals surface area contributed by atoms with E-state index < -0.39 is 0 Å². The van der Waals surface area contributed by atoms with Crippen molar-refractivity contribution in [3.63, 3.8) is 0 Å². The van der Waals surface area contributed by atoms with Crippen molar-refractivity contribution in [2.24, 2.45) is 0 Å². The van der Waals surface area contributed by atoms with Crippen LogP contribution in [0.15, 0.2) is 30.3 Å². The van der Waals surface area contributed by atoms with Gasteiger partial charge in [0.05, 0.1) is 12.5 Å². The molecule has 0 aromatic heterocycles. The molecule has 0 saturated carbocycles. The summed E-state index contributed by atoms with van der Waals surface area (Å²) in [7, 11) is 0. The van der Waals surface area contributed by atoms with E-state index in [2.05, 4.69) is 54.4 Å². The van der Waals surface area contributed by atoms with Gasteiger partial charge >= 0.3 is 0 Å². The van der Waals surface area contributed by atoms with Gasteiger partial charge in [0.1, 0.15) is 0 Å². The molecule has 3 heteroatoms. The van der Waals surface area contributed by atoms with Crippen molar-refractivity contribution >= 4 is 0 Å². The molecule has 1 unspecified atom stereocenters. The number of hydrogen-bond donors (Lipinski definition) is 1. The van der Waals surface area contributed by atoms with Crippen molar-refractivity contribution in [2.45, 2.75) is 38.4 Å². The first-order valence-corrected chi connectivity index (χ1v) is 6.50. The van der Waals surface area contributed by atoms with Crippen LogP contribution in [0.3, 0.4) is 0 Å². The van der Waals surface area contributed by atoms with Crippen LogP contribution in [0.1, 0.15) is 25.8 Å². The van der Waals surface area contributed by atoms with Gasteiger partial charge in [-0.3, -0.25) is 4.90 Å². The predicted molar refractivity (Wildman–Crippen MR) is 73.0 cm³/mol. The molecule has 18 heavy (non-hydrogen) atoms. The third kappa shape index (κ3) is 3.56. The summed E-state index contributed by atoms with van der Waals surface area (Å²) in [5, 5.41) is 12.4. The average Bonchev–Trinajstić information content (AvgIpc) is 2.28. The van der Waals surface area contributed by atoms with Crippen LogP contribution in [0.4, 0.5) is 0 Å². The average molecular weight is 243 g/mol. The zero-order valence-corrected chi connectivity index (χ0v) is 11.2. The Labute approximate surface area is 109 Å². The molecule has 0 amide bonds. The van der Waals surface area contributed by atoms with E-state index >= 15 is 0 Å². The lowest BCUT2D eigenvalue weighted by molar-refractivity contribution is 0.112. The van der Waals surface area contributed by atoms with Gasteiger partial charge in [-0.05, 0) is 19.4 Å². The SMILES string of the molecule is CC1(C)CN(Cc2ccccc2)CC(CC#N)N1. The van der Waals surface area contributed by atoms with Gasteiger partial charge in [0.25, 0.3) is 0 Å². The predicted octanol–water partition coefficient (Wildman–Crippen LogP) is 2.15. The molecule has 1 heterocycles. The maximum Gasteiger partial charge on any atom is 0.0638 e. The fourth-order valence-corrected chi connectivity index (χ4v) is 2.77. The van der Waals surface area contributed by atoms with Crippen molar-refractivity contribution in [3.05, 3.63) is 35.9 Å². The molecule has 1 atom stereocenters. The molecule has 3 nitrogen and oxygen atoms in total. The maximum absolute atomic E-state index is 8.86. The molecule has 1 N–H and O–H groups in total. The fraction of sp³-hybridized carbons (Fsp3) is 0.533. The monoisotopic (exact) mass is 243 g/mol. The molecule has 1 aliphatic heterocycles. The second kappa shape index (κ2) is 5.51. The van der Waals surface area contributed by atoms with Crippen LogP contribution < -0.4 is 5.32 Å². The Morgan fingerprint density at radius 3 is 2.78 bits per heavy atom. The van der Waals surface area contributed by atoms with Gasteiger partial charge in [0.2, 0.25) is 0 Å². The molecule has 0 radical (unpaired) electrons. The Hall–Kier alpha value is -1.37. The topological polar surface area (TPSA) is 39.1 Å². The summed E-state index contributed by atoms with van der Waals surface area (Å²) in [5.41, 5.74) is 1.42. The van der Waals surface area contributed by atoms with Gasteiger partial charge in [0, 0.05) is 31.2 Å². The first-order valence-electron chi connectivity index (χ1n) is 6.50. The van der Waals surface area contributed by atoms with Crippen LogP contribution in [-0.2, 0) is 6.54 Å². The summed E-state index contributed by atoms with van der Waals surface area (Å²) in [4.78, 5) is 2.44. The number of nitrogens with zero attached hydrogens (tertiary/aromatic N) is 2.